The van der Waals surface area contributed by atoms with E-state index in [4.69, 9.17) is 9.47 Å². The summed E-state index contributed by atoms with van der Waals surface area (Å²) >= 11 is 0. The summed E-state index contributed by atoms with van der Waals surface area (Å²) < 4.78 is 14.0. The van der Waals surface area contributed by atoms with Gasteiger partial charge in [0.15, 0.2) is 11.0 Å². The van der Waals surface area contributed by atoms with E-state index in [-0.39, 0.29) is 49.1 Å². The van der Waals surface area contributed by atoms with Crippen LogP contribution in [0.1, 0.15) is 30.0 Å². The predicted molar refractivity (Wildman–Crippen MR) is 86.5 cm³/mol. The number of ether oxygens (including phenoxy) is 2. The number of fused-ring (bicyclic) bond motifs is 1. The lowest BCUT2D eigenvalue weighted by atomic mass is 10.2. The van der Waals surface area contributed by atoms with E-state index in [2.05, 4.69) is 0 Å². The second-order valence-corrected chi connectivity index (χ2v) is 5.34. The highest BCUT2D eigenvalue weighted by molar-refractivity contribution is 5.93. The molecule has 0 aliphatic rings. The van der Waals surface area contributed by atoms with Gasteiger partial charge in [-0.05, 0) is 19.1 Å². The molecule has 7 nitrogen and oxygen atoms in total. The Balaban J connectivity index is 0.00000312. The molecular formula is C17H23IN2O5. The number of benzene rings is 1. The molecule has 0 bridgehead atoms. The smallest absolute Gasteiger partial charge is 0.338 e. The van der Waals surface area contributed by atoms with Gasteiger partial charge in [-0.25, -0.2) is 13.9 Å². The molecule has 0 saturated carbocycles. The van der Waals surface area contributed by atoms with Crippen LogP contribution >= 0.6 is 0 Å². The summed E-state index contributed by atoms with van der Waals surface area (Å²) in [5, 5.41) is 9.30. The minimum absolute atomic E-state index is 0. The molecule has 2 rings (SSSR count). The zero-order valence-corrected chi connectivity index (χ0v) is 16.8. The number of carbonyl (C=O) groups excluding carboxylic acids is 2. The Morgan fingerprint density at radius 1 is 1.28 bits per heavy atom. The Labute approximate surface area is 163 Å². The molecule has 0 saturated heterocycles. The van der Waals surface area contributed by atoms with Gasteiger partial charge in [-0.1, -0.05) is 0 Å². The summed E-state index contributed by atoms with van der Waals surface area (Å²) in [6.45, 7) is 6.52. The third kappa shape index (κ3) is 4.91. The van der Waals surface area contributed by atoms with Crippen molar-refractivity contribution in [3.63, 3.8) is 0 Å². The van der Waals surface area contributed by atoms with Crippen molar-refractivity contribution in [1.29, 1.82) is 0 Å². The second-order valence-electron chi connectivity index (χ2n) is 5.34. The summed E-state index contributed by atoms with van der Waals surface area (Å²) in [6.07, 6.45) is 0. The van der Waals surface area contributed by atoms with E-state index in [9.17, 15) is 14.7 Å². The number of nitrogens with zero attached hydrogens (tertiary/aromatic N) is 2. The second kappa shape index (κ2) is 9.71. The van der Waals surface area contributed by atoms with E-state index >= 15 is 0 Å². The van der Waals surface area contributed by atoms with Gasteiger partial charge < -0.3 is 38.6 Å². The van der Waals surface area contributed by atoms with Gasteiger partial charge >= 0.3 is 11.9 Å². The molecule has 138 valence electrons. The van der Waals surface area contributed by atoms with Crippen molar-refractivity contribution in [2.45, 2.75) is 33.9 Å². The van der Waals surface area contributed by atoms with Gasteiger partial charge in [0.2, 0.25) is 0 Å². The molecule has 2 aromatic rings. The van der Waals surface area contributed by atoms with Crippen molar-refractivity contribution in [3.8, 4) is 0 Å². The Morgan fingerprint density at radius 2 is 2.00 bits per heavy atom. The van der Waals surface area contributed by atoms with E-state index in [1.165, 1.54) is 6.92 Å². The predicted octanol–water partition coefficient (Wildman–Crippen LogP) is -2.03. The maximum absolute atomic E-state index is 12.0. The number of hydrogen-bond acceptors (Lipinski definition) is 5. The lowest BCUT2D eigenvalue weighted by molar-refractivity contribution is -0.679. The zero-order valence-electron chi connectivity index (χ0n) is 14.6. The fraction of sp³-hybridized carbons (Fsp3) is 0.471. The Bertz CT molecular complexity index is 757. The molecule has 0 aliphatic carbocycles. The average Bonchev–Trinajstić information content (AvgIpc) is 2.80. The van der Waals surface area contributed by atoms with Crippen LogP contribution in [0, 0.1) is 6.92 Å². The summed E-state index contributed by atoms with van der Waals surface area (Å²) in [4.78, 5) is 22.9. The summed E-state index contributed by atoms with van der Waals surface area (Å²) in [6, 6.07) is 5.32. The molecule has 1 heterocycles. The third-order valence-electron chi connectivity index (χ3n) is 3.79. The van der Waals surface area contributed by atoms with E-state index in [1.54, 1.807) is 19.1 Å². The van der Waals surface area contributed by atoms with E-state index in [0.717, 1.165) is 16.9 Å². The first-order valence-electron chi connectivity index (χ1n) is 7.93. The Morgan fingerprint density at radius 3 is 2.60 bits per heavy atom. The van der Waals surface area contributed by atoms with Crippen LogP contribution < -0.4 is 28.5 Å². The van der Waals surface area contributed by atoms with Gasteiger partial charge in [-0.2, -0.15) is 0 Å². The fourth-order valence-electron chi connectivity index (χ4n) is 2.75. The number of halogens is 1. The summed E-state index contributed by atoms with van der Waals surface area (Å²) in [5.74, 6) is 0.199. The highest BCUT2D eigenvalue weighted by atomic mass is 127. The number of imidazole rings is 1. The molecule has 0 amide bonds. The van der Waals surface area contributed by atoms with E-state index in [0.29, 0.717) is 25.3 Å². The number of aliphatic hydroxyl groups excluding tert-OH is 1. The molecule has 0 unspecified atom stereocenters. The highest BCUT2D eigenvalue weighted by Gasteiger charge is 2.23. The van der Waals surface area contributed by atoms with Crippen molar-refractivity contribution < 1.29 is 52.7 Å². The van der Waals surface area contributed by atoms with Crippen molar-refractivity contribution in [2.75, 3.05) is 19.8 Å². The maximum Gasteiger partial charge on any atom is 0.338 e. The molecule has 25 heavy (non-hydrogen) atoms. The van der Waals surface area contributed by atoms with Crippen LogP contribution in [0.25, 0.3) is 11.0 Å². The zero-order chi connectivity index (χ0) is 17.7. The normalized spacial score (nSPS) is 10.4. The third-order valence-corrected chi connectivity index (χ3v) is 3.79. The number of esters is 2. The SMILES string of the molecule is CCOC(=O)c1ccc2c(c1)n(CCOC(C)=O)c(C)[n+]2CCO.[I-]. The molecular weight excluding hydrogens is 439 g/mol. The van der Waals surface area contributed by atoms with Gasteiger partial charge in [-0.15, -0.1) is 0 Å². The minimum atomic E-state index is -0.376. The Kier molecular flexibility index (Phi) is 8.30. The number of aliphatic hydroxyl groups is 1. The highest BCUT2D eigenvalue weighted by Crippen LogP contribution is 2.17. The quantitative estimate of drug-likeness (QED) is 0.292. The van der Waals surface area contributed by atoms with Crippen LogP contribution in [0.15, 0.2) is 18.2 Å². The van der Waals surface area contributed by atoms with Crippen molar-refractivity contribution in [2.24, 2.45) is 0 Å². The number of carbonyl (C=O) groups is 2. The average molecular weight is 462 g/mol. The number of hydrogen-bond donors (Lipinski definition) is 1. The van der Waals surface area contributed by atoms with Gasteiger partial charge in [-0.3, -0.25) is 4.79 Å². The van der Waals surface area contributed by atoms with E-state index in [1.807, 2.05) is 22.1 Å². The lowest BCUT2D eigenvalue weighted by Crippen LogP contribution is -3.00. The van der Waals surface area contributed by atoms with Gasteiger partial charge in [0.1, 0.15) is 19.7 Å². The summed E-state index contributed by atoms with van der Waals surface area (Å²) in [7, 11) is 0. The van der Waals surface area contributed by atoms with Crippen LogP contribution in [0.4, 0.5) is 0 Å². The first-order valence-corrected chi connectivity index (χ1v) is 7.93. The van der Waals surface area contributed by atoms with Gasteiger partial charge in [0.25, 0.3) is 5.82 Å². The molecule has 0 aliphatic heterocycles. The van der Waals surface area contributed by atoms with Gasteiger partial charge in [0.05, 0.1) is 18.8 Å². The van der Waals surface area contributed by atoms with Crippen LogP contribution in [0.2, 0.25) is 0 Å². The minimum Gasteiger partial charge on any atom is -1.00 e. The number of rotatable bonds is 7. The van der Waals surface area contributed by atoms with Crippen molar-refractivity contribution in [1.82, 2.24) is 4.57 Å². The van der Waals surface area contributed by atoms with Crippen LogP contribution in [-0.4, -0.2) is 41.4 Å². The Hall–Kier alpha value is -1.68. The van der Waals surface area contributed by atoms with Crippen LogP contribution in [0.3, 0.4) is 0 Å². The molecule has 0 spiro atoms. The molecule has 0 atom stereocenters. The van der Waals surface area contributed by atoms with Crippen LogP contribution in [-0.2, 0) is 27.4 Å². The standard InChI is InChI=1S/C17H23N2O5.HI/c1-4-23-17(22)14-5-6-15-16(11-14)19(8-10-24-13(3)21)12(2)18(15)7-9-20;/h5-6,11,20H,4,7-10H2,1-3H3;1H/q+1;/p-1. The lowest BCUT2D eigenvalue weighted by Gasteiger charge is -2.03. The number of aromatic nitrogens is 2. The summed E-state index contributed by atoms with van der Waals surface area (Å²) in [5.41, 5.74) is 2.20. The van der Waals surface area contributed by atoms with Crippen LogP contribution in [0.5, 0.6) is 0 Å². The molecule has 0 fully saturated rings. The molecule has 1 aromatic heterocycles. The van der Waals surface area contributed by atoms with Crippen molar-refractivity contribution >= 4 is 23.0 Å². The molecule has 8 heteroatoms. The van der Waals surface area contributed by atoms with Gasteiger partial charge in [0, 0.05) is 19.9 Å². The topological polar surface area (TPSA) is 81.6 Å². The monoisotopic (exact) mass is 462 g/mol. The first kappa shape index (κ1) is 21.4. The molecule has 1 N–H and O–H groups in total. The largest absolute Gasteiger partial charge is 1.00 e. The fourth-order valence-corrected chi connectivity index (χ4v) is 2.75. The molecule has 1 aromatic carbocycles. The molecule has 0 radical (unpaired) electrons. The van der Waals surface area contributed by atoms with Crippen molar-refractivity contribution in [3.05, 3.63) is 29.6 Å². The van der Waals surface area contributed by atoms with E-state index < -0.39 is 0 Å². The maximum atomic E-state index is 12.0. The first-order chi connectivity index (χ1) is 11.5.